The van der Waals surface area contributed by atoms with Gasteiger partial charge in [0.15, 0.2) is 5.67 Å². The highest BCUT2D eigenvalue weighted by Crippen LogP contribution is 2.53. The molecule has 0 radical (unpaired) electrons. The molecule has 0 spiro atoms. The number of carbonyl (C=O) groups is 3. The van der Waals surface area contributed by atoms with Gasteiger partial charge < -0.3 is 29.5 Å². The standard InChI is InChI=1S/C33H37F2N4O7P/c1-37-14-12-24(18-28(37)40)33(35)13-15-38(19-33)32(43)27-11-10-25-4-2-3-5-26(31(42)39(25)27)36-30(41)22-9-7-20-6-8-21(16-23(20)17-22)29(34)47(44,45)46/h6-9,12,14,16-18,25-27,29H,2-5,10-11,13,15,19H2,1H3,(H,36,41)(H2,44,45,46)/t25-,26-,27-,29?,33?/m0/s1. The van der Waals surface area contributed by atoms with Gasteiger partial charge in [-0.25, -0.2) is 8.78 Å². The molecule has 1 aromatic heterocycles. The Hall–Kier alpha value is -3.93. The van der Waals surface area contributed by atoms with Gasteiger partial charge in [-0.1, -0.05) is 31.0 Å². The number of halogens is 2. The predicted octanol–water partition coefficient (Wildman–Crippen LogP) is 3.81. The second-order valence-corrected chi connectivity index (χ2v) is 14.5. The van der Waals surface area contributed by atoms with E-state index in [-0.39, 0.29) is 59.6 Å². The minimum absolute atomic E-state index is 0.0350. The fraction of sp³-hybridized carbons (Fsp3) is 0.455. The van der Waals surface area contributed by atoms with Crippen LogP contribution in [0.15, 0.2) is 59.5 Å². The summed E-state index contributed by atoms with van der Waals surface area (Å²) < 4.78 is 43.2. The molecule has 3 N–H and O–H groups in total. The zero-order chi connectivity index (χ0) is 33.7. The maximum atomic E-state index is 16.0. The Morgan fingerprint density at radius 1 is 1.00 bits per heavy atom. The molecule has 2 unspecified atom stereocenters. The van der Waals surface area contributed by atoms with Crippen LogP contribution in [0, 0.1) is 0 Å². The van der Waals surface area contributed by atoms with Crippen molar-refractivity contribution in [1.29, 1.82) is 0 Å². The third-order valence-corrected chi connectivity index (χ3v) is 10.7. The van der Waals surface area contributed by atoms with Crippen LogP contribution in [0.3, 0.4) is 0 Å². The largest absolute Gasteiger partial charge is 0.363 e. The number of aryl methyl sites for hydroxylation is 1. The second-order valence-electron chi connectivity index (χ2n) is 12.9. The number of aromatic nitrogens is 1. The first-order chi connectivity index (χ1) is 22.2. The lowest BCUT2D eigenvalue weighted by Gasteiger charge is -2.36. The van der Waals surface area contributed by atoms with Crippen LogP contribution in [0.25, 0.3) is 10.8 Å². The quantitative estimate of drug-likeness (QED) is 0.338. The first-order valence-electron chi connectivity index (χ1n) is 15.8. The number of fused-ring (bicyclic) bond motifs is 2. The summed E-state index contributed by atoms with van der Waals surface area (Å²) in [6.07, 6.45) is 5.13. The Morgan fingerprint density at radius 3 is 2.49 bits per heavy atom. The Morgan fingerprint density at radius 2 is 1.74 bits per heavy atom. The van der Waals surface area contributed by atoms with Crippen LogP contribution in [0.2, 0.25) is 0 Å². The smallest absolute Gasteiger partial charge is 0.340 e. The summed E-state index contributed by atoms with van der Waals surface area (Å²) in [4.78, 5) is 75.0. The maximum absolute atomic E-state index is 16.0. The third kappa shape index (κ3) is 6.48. The highest BCUT2D eigenvalue weighted by atomic mass is 31.2. The van der Waals surface area contributed by atoms with Gasteiger partial charge in [0.05, 0.1) is 6.54 Å². The molecule has 250 valence electrons. The first kappa shape index (κ1) is 33.0. The van der Waals surface area contributed by atoms with Gasteiger partial charge in [-0.05, 0) is 71.8 Å². The molecule has 0 saturated carbocycles. The van der Waals surface area contributed by atoms with E-state index in [1.165, 1.54) is 46.0 Å². The van der Waals surface area contributed by atoms with Gasteiger partial charge >= 0.3 is 7.60 Å². The number of alkyl halides is 2. The summed E-state index contributed by atoms with van der Waals surface area (Å²) in [6.45, 7) is -0.0712. The van der Waals surface area contributed by atoms with Crippen molar-refractivity contribution in [2.45, 2.75) is 74.7 Å². The van der Waals surface area contributed by atoms with Crippen molar-refractivity contribution in [3.63, 3.8) is 0 Å². The molecule has 14 heteroatoms. The average molecular weight is 671 g/mol. The lowest BCUT2D eigenvalue weighted by Crippen LogP contribution is -2.56. The number of nitrogens with one attached hydrogen (secondary N) is 1. The number of pyridine rings is 1. The number of benzene rings is 2. The fourth-order valence-corrected chi connectivity index (χ4v) is 7.68. The Labute approximate surface area is 269 Å². The minimum atomic E-state index is -5.03. The third-order valence-electron chi connectivity index (χ3n) is 9.78. The van der Waals surface area contributed by atoms with E-state index in [1.807, 2.05) is 0 Å². The monoisotopic (exact) mass is 670 g/mol. The van der Waals surface area contributed by atoms with Crippen LogP contribution in [-0.4, -0.2) is 73.1 Å². The number of likely N-dealkylation sites (tertiary alicyclic amines) is 1. The Balaban J connectivity index is 1.19. The van der Waals surface area contributed by atoms with Crippen molar-refractivity contribution < 1.29 is 37.5 Å². The van der Waals surface area contributed by atoms with E-state index >= 15 is 4.39 Å². The molecule has 0 aliphatic carbocycles. The molecule has 0 bridgehead atoms. The summed E-state index contributed by atoms with van der Waals surface area (Å²) in [6, 6.07) is 9.61. The van der Waals surface area contributed by atoms with Gasteiger partial charge in [0.2, 0.25) is 17.7 Å². The summed E-state index contributed by atoms with van der Waals surface area (Å²) in [7, 11) is -3.45. The summed E-state index contributed by atoms with van der Waals surface area (Å²) in [5.41, 5.74) is -2.04. The van der Waals surface area contributed by atoms with E-state index in [0.717, 1.165) is 6.42 Å². The van der Waals surface area contributed by atoms with Crippen molar-refractivity contribution in [3.8, 4) is 0 Å². The summed E-state index contributed by atoms with van der Waals surface area (Å²) in [5, 5.41) is 3.84. The second kappa shape index (κ2) is 12.6. The predicted molar refractivity (Wildman–Crippen MR) is 169 cm³/mol. The minimum Gasteiger partial charge on any atom is -0.340 e. The highest BCUT2D eigenvalue weighted by molar-refractivity contribution is 7.51. The van der Waals surface area contributed by atoms with E-state index in [4.69, 9.17) is 0 Å². The topological polar surface area (TPSA) is 149 Å². The maximum Gasteiger partial charge on any atom is 0.363 e. The van der Waals surface area contributed by atoms with Crippen LogP contribution >= 0.6 is 7.60 Å². The lowest BCUT2D eigenvalue weighted by atomic mass is 9.96. The average Bonchev–Trinajstić information content (AvgIpc) is 3.65. The number of rotatable bonds is 6. The number of carbonyl (C=O) groups excluding carboxylic acids is 3. The summed E-state index contributed by atoms with van der Waals surface area (Å²) in [5.74, 6) is -3.78. The molecule has 4 heterocycles. The van der Waals surface area contributed by atoms with Crippen molar-refractivity contribution in [1.82, 2.24) is 19.7 Å². The number of hydrogen-bond donors (Lipinski definition) is 3. The number of amides is 3. The van der Waals surface area contributed by atoms with Crippen molar-refractivity contribution in [3.05, 3.63) is 81.8 Å². The molecule has 3 amide bonds. The number of hydrogen-bond acceptors (Lipinski definition) is 5. The molecular formula is C33H37F2N4O7P. The molecule has 3 aromatic rings. The van der Waals surface area contributed by atoms with Gasteiger partial charge in [0.1, 0.15) is 12.1 Å². The molecule has 3 aliphatic rings. The molecule has 5 atom stereocenters. The lowest BCUT2D eigenvalue weighted by molar-refractivity contribution is -0.146. The zero-order valence-corrected chi connectivity index (χ0v) is 26.7. The molecule has 3 saturated heterocycles. The molecular weight excluding hydrogens is 633 g/mol. The van der Waals surface area contributed by atoms with Gasteiger partial charge in [0.25, 0.3) is 11.5 Å². The SMILES string of the molecule is Cn1ccc(C2(F)CCN(C(=O)[C@@H]3CC[C@@H]4CCCC[C@H](NC(=O)c5ccc6ccc(C(F)P(=O)(O)O)cc6c5)C(=O)N43)C2)cc1=O. The zero-order valence-electron chi connectivity index (χ0n) is 25.8. The van der Waals surface area contributed by atoms with Gasteiger partial charge in [-0.15, -0.1) is 0 Å². The highest BCUT2D eigenvalue weighted by Gasteiger charge is 2.49. The van der Waals surface area contributed by atoms with E-state index < -0.39 is 37.2 Å². The number of nitrogens with zero attached hydrogens (tertiary/aromatic N) is 3. The first-order valence-corrected chi connectivity index (χ1v) is 17.4. The van der Waals surface area contributed by atoms with Crippen molar-refractivity contribution in [2.24, 2.45) is 7.05 Å². The molecule has 6 rings (SSSR count). The fourth-order valence-electron chi connectivity index (χ4n) is 7.13. The normalized spacial score (nSPS) is 25.7. The Kier molecular flexibility index (Phi) is 8.84. The van der Waals surface area contributed by atoms with Crippen molar-refractivity contribution in [2.75, 3.05) is 13.1 Å². The van der Waals surface area contributed by atoms with E-state index in [0.29, 0.717) is 42.9 Å². The van der Waals surface area contributed by atoms with E-state index in [1.54, 1.807) is 30.1 Å². The van der Waals surface area contributed by atoms with Gasteiger partial charge in [-0.2, -0.15) is 0 Å². The molecule has 11 nitrogen and oxygen atoms in total. The van der Waals surface area contributed by atoms with Gasteiger partial charge in [0, 0.05) is 43.9 Å². The molecule has 2 aromatic carbocycles. The Bertz CT molecular complexity index is 1850. The van der Waals surface area contributed by atoms with Crippen LogP contribution in [0.1, 0.15) is 72.3 Å². The van der Waals surface area contributed by atoms with Crippen LogP contribution in [0.4, 0.5) is 8.78 Å². The van der Waals surface area contributed by atoms with Crippen LogP contribution in [0.5, 0.6) is 0 Å². The summed E-state index contributed by atoms with van der Waals surface area (Å²) >= 11 is 0. The van der Waals surface area contributed by atoms with Crippen LogP contribution in [-0.2, 0) is 26.9 Å². The molecule has 47 heavy (non-hydrogen) atoms. The molecule has 3 aliphatic heterocycles. The van der Waals surface area contributed by atoms with Crippen LogP contribution < -0.4 is 10.9 Å². The van der Waals surface area contributed by atoms with E-state index in [2.05, 4.69) is 5.32 Å². The van der Waals surface area contributed by atoms with E-state index in [9.17, 15) is 37.9 Å². The van der Waals surface area contributed by atoms with Crippen molar-refractivity contribution >= 4 is 36.1 Å². The van der Waals surface area contributed by atoms with Gasteiger partial charge in [-0.3, -0.25) is 23.7 Å². The molecule has 3 fully saturated rings.